The molecule has 3 nitrogen and oxygen atoms in total. The van der Waals surface area contributed by atoms with Gasteiger partial charge >= 0.3 is 0 Å². The molecule has 3 aromatic rings. The molecule has 0 fully saturated rings. The normalized spacial score (nSPS) is 10.7. The summed E-state index contributed by atoms with van der Waals surface area (Å²) in [4.78, 5) is 18.3. The third-order valence-electron chi connectivity index (χ3n) is 2.77. The highest BCUT2D eigenvalue weighted by Gasteiger charge is 2.05. The third-order valence-corrected chi connectivity index (χ3v) is 2.77. The van der Waals surface area contributed by atoms with Crippen LogP contribution in [-0.4, -0.2) is 9.97 Å². The minimum atomic E-state index is -0.285. The van der Waals surface area contributed by atoms with Crippen LogP contribution in [0.5, 0.6) is 0 Å². The predicted octanol–water partition coefficient (Wildman–Crippen LogP) is 2.73. The van der Waals surface area contributed by atoms with E-state index in [1.807, 2.05) is 0 Å². The molecule has 2 aromatic heterocycles. The summed E-state index contributed by atoms with van der Waals surface area (Å²) in [5, 5.41) is 0.837. The molecular weight excluding hydrogens is 231 g/mol. The van der Waals surface area contributed by atoms with Gasteiger partial charge in [0.05, 0.1) is 11.2 Å². The van der Waals surface area contributed by atoms with E-state index >= 15 is 0 Å². The van der Waals surface area contributed by atoms with Crippen molar-refractivity contribution in [1.29, 1.82) is 0 Å². The lowest BCUT2D eigenvalue weighted by atomic mass is 10.1. The predicted molar refractivity (Wildman–Crippen MR) is 67.8 cm³/mol. The molecule has 0 atom stereocenters. The van der Waals surface area contributed by atoms with Crippen LogP contribution >= 0.6 is 0 Å². The molecule has 0 saturated carbocycles. The fourth-order valence-corrected chi connectivity index (χ4v) is 1.92. The molecule has 0 aliphatic heterocycles. The van der Waals surface area contributed by atoms with E-state index in [2.05, 4.69) is 9.97 Å². The first-order valence-electron chi connectivity index (χ1n) is 5.48. The molecule has 18 heavy (non-hydrogen) atoms. The Bertz CT molecular complexity index is 763. The summed E-state index contributed by atoms with van der Waals surface area (Å²) in [5.41, 5.74) is 2.10. The van der Waals surface area contributed by atoms with E-state index in [0.29, 0.717) is 0 Å². The molecule has 0 unspecified atom stereocenters. The Kier molecular flexibility index (Phi) is 2.41. The molecule has 0 aliphatic carbocycles. The van der Waals surface area contributed by atoms with Gasteiger partial charge in [-0.1, -0.05) is 0 Å². The number of nitrogens with one attached hydrogen (secondary N) is 1. The van der Waals surface area contributed by atoms with E-state index in [0.717, 1.165) is 22.2 Å². The first-order valence-corrected chi connectivity index (χ1v) is 5.48. The van der Waals surface area contributed by atoms with Crippen LogP contribution in [0.3, 0.4) is 0 Å². The van der Waals surface area contributed by atoms with Crippen LogP contribution in [0.15, 0.2) is 53.5 Å². The van der Waals surface area contributed by atoms with Gasteiger partial charge in [0.25, 0.3) is 0 Å². The number of benzene rings is 1. The van der Waals surface area contributed by atoms with Gasteiger partial charge in [-0.25, -0.2) is 4.39 Å². The van der Waals surface area contributed by atoms with Gasteiger partial charge in [-0.15, -0.1) is 0 Å². The minimum Gasteiger partial charge on any atom is -0.322 e. The van der Waals surface area contributed by atoms with Gasteiger partial charge in [0.1, 0.15) is 5.82 Å². The van der Waals surface area contributed by atoms with E-state index in [1.54, 1.807) is 30.5 Å². The van der Waals surface area contributed by atoms with Crippen LogP contribution in [0.2, 0.25) is 0 Å². The van der Waals surface area contributed by atoms with E-state index in [4.69, 9.17) is 0 Å². The van der Waals surface area contributed by atoms with Crippen molar-refractivity contribution in [2.24, 2.45) is 0 Å². The topological polar surface area (TPSA) is 45.8 Å². The minimum absolute atomic E-state index is 0.154. The fraction of sp³-hybridized carbons (Fsp3) is 0. The molecule has 1 N–H and O–H groups in total. The van der Waals surface area contributed by atoms with Gasteiger partial charge in [-0.2, -0.15) is 0 Å². The second-order valence-electron chi connectivity index (χ2n) is 3.95. The van der Waals surface area contributed by atoms with E-state index in [9.17, 15) is 9.18 Å². The number of aromatic amines is 1. The molecule has 0 saturated heterocycles. The number of fused-ring (bicyclic) bond motifs is 1. The lowest BCUT2D eigenvalue weighted by Crippen LogP contribution is -2.03. The third kappa shape index (κ3) is 1.78. The van der Waals surface area contributed by atoms with E-state index in [-0.39, 0.29) is 11.4 Å². The average molecular weight is 240 g/mol. The number of rotatable bonds is 1. The maximum atomic E-state index is 12.9. The first-order chi connectivity index (χ1) is 8.74. The van der Waals surface area contributed by atoms with Crippen molar-refractivity contribution in [3.8, 4) is 11.3 Å². The maximum Gasteiger partial charge on any atom is 0.248 e. The number of hydrogen-bond donors (Lipinski definition) is 1. The monoisotopic (exact) mass is 240 g/mol. The highest BCUT2D eigenvalue weighted by Crippen LogP contribution is 2.24. The standard InChI is InChI=1S/C14H9FN2O/c15-10-3-1-9(2-4-10)14-11-5-6-13(18)17-12(11)7-8-16-14/h1-8H,(H,17,18). The molecule has 88 valence electrons. The van der Waals surface area contributed by atoms with Gasteiger partial charge in [0.2, 0.25) is 5.56 Å². The van der Waals surface area contributed by atoms with Gasteiger partial charge in [-0.05, 0) is 36.4 Å². The molecule has 0 amide bonds. The van der Waals surface area contributed by atoms with Crippen LogP contribution in [0.4, 0.5) is 4.39 Å². The number of halogens is 1. The van der Waals surface area contributed by atoms with E-state index in [1.165, 1.54) is 18.2 Å². The molecule has 0 aliphatic rings. The zero-order valence-electron chi connectivity index (χ0n) is 9.35. The molecule has 4 heteroatoms. The Morgan fingerprint density at radius 2 is 1.78 bits per heavy atom. The fourth-order valence-electron chi connectivity index (χ4n) is 1.92. The van der Waals surface area contributed by atoms with E-state index < -0.39 is 0 Å². The Balaban J connectivity index is 2.29. The number of aromatic nitrogens is 2. The Hall–Kier alpha value is -2.49. The molecule has 0 bridgehead atoms. The quantitative estimate of drug-likeness (QED) is 0.710. The van der Waals surface area contributed by atoms with Gasteiger partial charge in [-0.3, -0.25) is 9.78 Å². The molecule has 2 heterocycles. The Labute approximate surface area is 102 Å². The van der Waals surface area contributed by atoms with Crippen LogP contribution in [0.25, 0.3) is 22.2 Å². The number of H-pyrrole nitrogens is 1. The van der Waals surface area contributed by atoms with Crippen LogP contribution in [-0.2, 0) is 0 Å². The lowest BCUT2D eigenvalue weighted by Gasteiger charge is -2.05. The SMILES string of the molecule is O=c1ccc2c(-c3ccc(F)cc3)nccc2[nH]1. The second kappa shape index (κ2) is 4.07. The van der Waals surface area contributed by atoms with Gasteiger partial charge in [0, 0.05) is 23.2 Å². The molecule has 1 aromatic carbocycles. The van der Waals surface area contributed by atoms with Crippen molar-refractivity contribution in [2.75, 3.05) is 0 Å². The Morgan fingerprint density at radius 1 is 1.00 bits per heavy atom. The molecule has 0 radical (unpaired) electrons. The summed E-state index contributed by atoms with van der Waals surface area (Å²) in [5.74, 6) is -0.285. The van der Waals surface area contributed by atoms with Crippen molar-refractivity contribution >= 4 is 10.9 Å². The average Bonchev–Trinajstić information content (AvgIpc) is 2.38. The summed E-state index contributed by atoms with van der Waals surface area (Å²) in [6, 6.07) is 11.0. The first kappa shape index (κ1) is 10.7. The molecule has 3 rings (SSSR count). The van der Waals surface area contributed by atoms with Crippen molar-refractivity contribution in [3.63, 3.8) is 0 Å². The lowest BCUT2D eigenvalue weighted by molar-refractivity contribution is 0.628. The summed E-state index contributed by atoms with van der Waals surface area (Å²) in [6.07, 6.45) is 1.62. The zero-order chi connectivity index (χ0) is 12.5. The smallest absolute Gasteiger partial charge is 0.248 e. The largest absolute Gasteiger partial charge is 0.322 e. The molecular formula is C14H9FN2O. The highest BCUT2D eigenvalue weighted by atomic mass is 19.1. The van der Waals surface area contributed by atoms with Crippen molar-refractivity contribution in [1.82, 2.24) is 9.97 Å². The van der Waals surface area contributed by atoms with Crippen molar-refractivity contribution in [3.05, 3.63) is 64.8 Å². The molecule has 0 spiro atoms. The van der Waals surface area contributed by atoms with Crippen molar-refractivity contribution in [2.45, 2.75) is 0 Å². The number of nitrogens with zero attached hydrogens (tertiary/aromatic N) is 1. The van der Waals surface area contributed by atoms with Gasteiger partial charge < -0.3 is 4.98 Å². The van der Waals surface area contributed by atoms with Crippen molar-refractivity contribution < 1.29 is 4.39 Å². The second-order valence-corrected chi connectivity index (χ2v) is 3.95. The summed E-state index contributed by atoms with van der Waals surface area (Å²) < 4.78 is 12.9. The van der Waals surface area contributed by atoms with Crippen LogP contribution < -0.4 is 5.56 Å². The Morgan fingerprint density at radius 3 is 2.56 bits per heavy atom. The summed E-state index contributed by atoms with van der Waals surface area (Å²) in [6.45, 7) is 0. The van der Waals surface area contributed by atoms with Crippen LogP contribution in [0.1, 0.15) is 0 Å². The zero-order valence-corrected chi connectivity index (χ0v) is 9.35. The number of hydrogen-bond acceptors (Lipinski definition) is 2. The summed E-state index contributed by atoms with van der Waals surface area (Å²) in [7, 11) is 0. The van der Waals surface area contributed by atoms with Crippen LogP contribution in [0, 0.1) is 5.82 Å². The maximum absolute atomic E-state index is 12.9. The number of pyridine rings is 2. The summed E-state index contributed by atoms with van der Waals surface area (Å²) >= 11 is 0. The van der Waals surface area contributed by atoms with Gasteiger partial charge in [0.15, 0.2) is 0 Å². The highest BCUT2D eigenvalue weighted by molar-refractivity contribution is 5.91.